The van der Waals surface area contributed by atoms with Crippen LogP contribution in [0.25, 0.3) is 0 Å². The van der Waals surface area contributed by atoms with Gasteiger partial charge in [0.2, 0.25) is 0 Å². The normalized spacial score (nSPS) is 10.1. The van der Waals surface area contributed by atoms with E-state index in [0.717, 1.165) is 5.56 Å². The van der Waals surface area contributed by atoms with Crippen LogP contribution in [-0.4, -0.2) is 22.8 Å². The number of amides is 1. The molecular formula is C15H15N3O3. The summed E-state index contributed by atoms with van der Waals surface area (Å²) in [6.07, 6.45) is 0. The van der Waals surface area contributed by atoms with Crippen molar-refractivity contribution in [1.82, 2.24) is 4.90 Å². The van der Waals surface area contributed by atoms with E-state index >= 15 is 0 Å². The van der Waals surface area contributed by atoms with Crippen molar-refractivity contribution >= 4 is 17.3 Å². The number of carbonyl (C=O) groups excluding carboxylic acids is 1. The van der Waals surface area contributed by atoms with E-state index in [0.29, 0.717) is 6.54 Å². The highest BCUT2D eigenvalue weighted by molar-refractivity contribution is 5.95. The lowest BCUT2D eigenvalue weighted by Crippen LogP contribution is -2.26. The van der Waals surface area contributed by atoms with Crippen LogP contribution in [0.2, 0.25) is 0 Å². The molecule has 0 atom stereocenters. The molecule has 0 unspecified atom stereocenters. The maximum atomic E-state index is 12.3. The maximum absolute atomic E-state index is 12.3. The van der Waals surface area contributed by atoms with E-state index in [4.69, 9.17) is 5.73 Å². The number of nitrogens with two attached hydrogens (primary N) is 1. The van der Waals surface area contributed by atoms with Gasteiger partial charge in [0.15, 0.2) is 0 Å². The van der Waals surface area contributed by atoms with Crippen LogP contribution in [-0.2, 0) is 6.54 Å². The molecule has 21 heavy (non-hydrogen) atoms. The number of anilines is 1. The zero-order chi connectivity index (χ0) is 15.4. The highest BCUT2D eigenvalue weighted by Crippen LogP contribution is 2.23. The number of nitro groups is 1. The Balaban J connectivity index is 2.20. The van der Waals surface area contributed by atoms with Crippen molar-refractivity contribution in [1.29, 1.82) is 0 Å². The number of nitro benzene ring substituents is 1. The fourth-order valence-electron chi connectivity index (χ4n) is 1.98. The standard InChI is InChI=1S/C15H15N3O3/c1-17(10-11-5-3-2-4-6-11)15(19)12-7-8-13(16)14(9-12)18(20)21/h2-9H,10,16H2,1H3. The summed E-state index contributed by atoms with van der Waals surface area (Å²) in [5.74, 6) is -0.290. The molecule has 0 aliphatic rings. The molecule has 0 bridgehead atoms. The first-order valence-corrected chi connectivity index (χ1v) is 6.32. The molecule has 2 aromatic carbocycles. The summed E-state index contributed by atoms with van der Waals surface area (Å²) in [6, 6.07) is 13.6. The van der Waals surface area contributed by atoms with E-state index in [1.807, 2.05) is 30.3 Å². The molecule has 0 radical (unpaired) electrons. The minimum Gasteiger partial charge on any atom is -0.393 e. The first-order chi connectivity index (χ1) is 9.99. The Morgan fingerprint density at radius 3 is 2.52 bits per heavy atom. The van der Waals surface area contributed by atoms with Gasteiger partial charge in [-0.3, -0.25) is 14.9 Å². The summed E-state index contributed by atoms with van der Waals surface area (Å²) in [7, 11) is 1.65. The predicted octanol–water partition coefficient (Wildman–Crippen LogP) is 2.45. The fraction of sp³-hybridized carbons (Fsp3) is 0.133. The van der Waals surface area contributed by atoms with E-state index in [1.165, 1.54) is 23.1 Å². The Labute approximate surface area is 121 Å². The topological polar surface area (TPSA) is 89.5 Å². The maximum Gasteiger partial charge on any atom is 0.292 e. The molecule has 6 nitrogen and oxygen atoms in total. The van der Waals surface area contributed by atoms with Gasteiger partial charge in [0.05, 0.1) is 4.92 Å². The molecule has 0 heterocycles. The Morgan fingerprint density at radius 2 is 1.90 bits per heavy atom. The predicted molar refractivity (Wildman–Crippen MR) is 79.7 cm³/mol. The summed E-state index contributed by atoms with van der Waals surface area (Å²) < 4.78 is 0. The molecule has 0 fully saturated rings. The molecule has 2 N–H and O–H groups in total. The monoisotopic (exact) mass is 285 g/mol. The van der Waals surface area contributed by atoms with E-state index in [1.54, 1.807) is 7.05 Å². The second-order valence-electron chi connectivity index (χ2n) is 4.68. The second-order valence-corrected chi connectivity index (χ2v) is 4.68. The van der Waals surface area contributed by atoms with Crippen LogP contribution in [0.4, 0.5) is 11.4 Å². The average molecular weight is 285 g/mol. The van der Waals surface area contributed by atoms with E-state index < -0.39 is 4.92 Å². The molecule has 108 valence electrons. The second kappa shape index (κ2) is 6.04. The van der Waals surface area contributed by atoms with E-state index in [9.17, 15) is 14.9 Å². The molecule has 0 aromatic heterocycles. The first kappa shape index (κ1) is 14.5. The van der Waals surface area contributed by atoms with Crippen molar-refractivity contribution in [3.8, 4) is 0 Å². The van der Waals surface area contributed by atoms with Crippen molar-refractivity contribution in [3.63, 3.8) is 0 Å². The zero-order valence-corrected chi connectivity index (χ0v) is 11.5. The molecule has 0 aliphatic heterocycles. The number of hydrogen-bond donors (Lipinski definition) is 1. The summed E-state index contributed by atoms with van der Waals surface area (Å²) >= 11 is 0. The third-order valence-corrected chi connectivity index (χ3v) is 3.08. The first-order valence-electron chi connectivity index (χ1n) is 6.32. The lowest BCUT2D eigenvalue weighted by molar-refractivity contribution is -0.383. The third-order valence-electron chi connectivity index (χ3n) is 3.08. The van der Waals surface area contributed by atoms with Gasteiger partial charge < -0.3 is 10.6 Å². The molecule has 0 spiro atoms. The fourth-order valence-corrected chi connectivity index (χ4v) is 1.98. The summed E-state index contributed by atoms with van der Waals surface area (Å²) in [6.45, 7) is 0.428. The summed E-state index contributed by atoms with van der Waals surface area (Å²) in [5, 5.41) is 10.9. The van der Waals surface area contributed by atoms with Gasteiger partial charge in [0.1, 0.15) is 5.69 Å². The van der Waals surface area contributed by atoms with Crippen molar-refractivity contribution < 1.29 is 9.72 Å². The van der Waals surface area contributed by atoms with Gasteiger partial charge in [0.25, 0.3) is 11.6 Å². The highest BCUT2D eigenvalue weighted by Gasteiger charge is 2.18. The van der Waals surface area contributed by atoms with Crippen LogP contribution >= 0.6 is 0 Å². The quantitative estimate of drug-likeness (QED) is 0.531. The molecule has 2 aromatic rings. The molecule has 1 amide bonds. The molecule has 2 rings (SSSR count). The minimum atomic E-state index is -0.594. The van der Waals surface area contributed by atoms with Gasteiger partial charge in [-0.1, -0.05) is 30.3 Å². The average Bonchev–Trinajstić information content (AvgIpc) is 2.47. The van der Waals surface area contributed by atoms with E-state index in [-0.39, 0.29) is 22.8 Å². The van der Waals surface area contributed by atoms with E-state index in [2.05, 4.69) is 0 Å². The van der Waals surface area contributed by atoms with Crippen molar-refractivity contribution in [3.05, 3.63) is 69.8 Å². The van der Waals surface area contributed by atoms with Gasteiger partial charge >= 0.3 is 0 Å². The SMILES string of the molecule is CN(Cc1ccccc1)C(=O)c1ccc(N)c([N+](=O)[O-])c1. The van der Waals surface area contributed by atoms with Crippen LogP contribution in [0.5, 0.6) is 0 Å². The third kappa shape index (κ3) is 3.36. The molecule has 0 saturated heterocycles. The molecular weight excluding hydrogens is 270 g/mol. The van der Waals surface area contributed by atoms with Gasteiger partial charge in [-0.25, -0.2) is 0 Å². The Hall–Kier alpha value is -2.89. The largest absolute Gasteiger partial charge is 0.393 e. The molecule has 0 aliphatic carbocycles. The van der Waals surface area contributed by atoms with Crippen molar-refractivity contribution in [2.24, 2.45) is 0 Å². The van der Waals surface area contributed by atoms with Crippen molar-refractivity contribution in [2.75, 3.05) is 12.8 Å². The van der Waals surface area contributed by atoms with Gasteiger partial charge in [-0.15, -0.1) is 0 Å². The van der Waals surface area contributed by atoms with Crippen LogP contribution in [0.15, 0.2) is 48.5 Å². The lowest BCUT2D eigenvalue weighted by atomic mass is 10.1. The van der Waals surface area contributed by atoms with Crippen LogP contribution in [0, 0.1) is 10.1 Å². The number of hydrogen-bond acceptors (Lipinski definition) is 4. The highest BCUT2D eigenvalue weighted by atomic mass is 16.6. The summed E-state index contributed by atoms with van der Waals surface area (Å²) in [4.78, 5) is 24.1. The number of carbonyl (C=O) groups is 1. The molecule has 6 heteroatoms. The lowest BCUT2D eigenvalue weighted by Gasteiger charge is -2.17. The minimum absolute atomic E-state index is 0.0438. The number of rotatable bonds is 4. The Morgan fingerprint density at radius 1 is 1.24 bits per heavy atom. The van der Waals surface area contributed by atoms with Crippen molar-refractivity contribution in [2.45, 2.75) is 6.54 Å². The van der Waals surface area contributed by atoms with Gasteiger partial charge in [0, 0.05) is 25.2 Å². The summed E-state index contributed by atoms with van der Waals surface area (Å²) in [5.41, 5.74) is 6.54. The number of benzene rings is 2. The molecule has 0 saturated carbocycles. The number of nitrogen functional groups attached to an aromatic ring is 1. The smallest absolute Gasteiger partial charge is 0.292 e. The van der Waals surface area contributed by atoms with Crippen LogP contribution < -0.4 is 5.73 Å². The van der Waals surface area contributed by atoms with Crippen LogP contribution in [0.1, 0.15) is 15.9 Å². The van der Waals surface area contributed by atoms with Crippen LogP contribution in [0.3, 0.4) is 0 Å². The van der Waals surface area contributed by atoms with Gasteiger partial charge in [-0.2, -0.15) is 0 Å². The Bertz CT molecular complexity index is 671. The number of nitrogens with zero attached hydrogens (tertiary/aromatic N) is 2. The zero-order valence-electron chi connectivity index (χ0n) is 11.5. The Kier molecular flexibility index (Phi) is 4.18. The van der Waals surface area contributed by atoms with Gasteiger partial charge in [-0.05, 0) is 17.7 Å².